The third-order valence-electron chi connectivity index (χ3n) is 4.23. The monoisotopic (exact) mass is 460 g/mol. The average molecular weight is 460 g/mol. The molecule has 0 N–H and O–H groups in total. The smallest absolute Gasteiger partial charge is 0.790 e. The van der Waals surface area contributed by atoms with Crippen LogP contribution in [0.2, 0.25) is 0 Å². The number of hydrogen-bond acceptors (Lipinski definition) is 6. The quantitative estimate of drug-likeness (QED) is 0.195. The van der Waals surface area contributed by atoms with E-state index < -0.39 is 13.3 Å². The summed E-state index contributed by atoms with van der Waals surface area (Å²) >= 11 is 2.88. The van der Waals surface area contributed by atoms with Gasteiger partial charge in [0.25, 0.3) is 0 Å². The van der Waals surface area contributed by atoms with E-state index in [-0.39, 0.29) is 65.0 Å². The molecular formula is C20H15Na2O4PS2. The van der Waals surface area contributed by atoms with Gasteiger partial charge in [0.05, 0.1) is 7.82 Å². The van der Waals surface area contributed by atoms with Gasteiger partial charge in [-0.2, -0.15) is 0 Å². The van der Waals surface area contributed by atoms with Crippen molar-refractivity contribution in [3.63, 3.8) is 0 Å². The molecule has 0 aliphatic carbocycles. The van der Waals surface area contributed by atoms with Crippen LogP contribution < -0.4 is 68.9 Å². The zero-order valence-electron chi connectivity index (χ0n) is 16.1. The third-order valence-corrected chi connectivity index (χ3v) is 7.19. The van der Waals surface area contributed by atoms with Crippen LogP contribution in [0, 0.1) is 0 Å². The second kappa shape index (κ2) is 11.4. The maximum Gasteiger partial charge on any atom is 1.00 e. The first-order valence-electron chi connectivity index (χ1n) is 8.29. The molecule has 9 heteroatoms. The second-order valence-corrected chi connectivity index (χ2v) is 9.37. The Morgan fingerprint density at radius 3 is 1.83 bits per heavy atom. The average Bonchev–Trinajstić information content (AvgIpc) is 2.65. The molecule has 0 fully saturated rings. The van der Waals surface area contributed by atoms with Crippen molar-refractivity contribution in [1.82, 2.24) is 0 Å². The number of fused-ring (bicyclic) bond motifs is 2. The van der Waals surface area contributed by atoms with Gasteiger partial charge in [0.15, 0.2) is 0 Å². The SMILES string of the molecule is O=P([O-])([O-])OC(Sc1ccccc1)C1c2ccccc2Sc2ccccc21.[Na+].[Na+]. The molecule has 4 nitrogen and oxygen atoms in total. The normalized spacial score (nSPS) is 14.0. The van der Waals surface area contributed by atoms with E-state index in [4.69, 9.17) is 4.52 Å². The van der Waals surface area contributed by atoms with E-state index in [9.17, 15) is 14.4 Å². The summed E-state index contributed by atoms with van der Waals surface area (Å²) in [7, 11) is -5.18. The maximum absolute atomic E-state index is 11.5. The first kappa shape index (κ1) is 25.7. The Kier molecular flexibility index (Phi) is 10.1. The molecule has 29 heavy (non-hydrogen) atoms. The van der Waals surface area contributed by atoms with Gasteiger partial charge < -0.3 is 18.9 Å². The van der Waals surface area contributed by atoms with Gasteiger partial charge in [-0.15, -0.1) is 0 Å². The minimum absolute atomic E-state index is 0. The largest absolute Gasteiger partial charge is 1.00 e. The first-order valence-corrected chi connectivity index (χ1v) is 11.4. The van der Waals surface area contributed by atoms with Crippen molar-refractivity contribution in [2.45, 2.75) is 26.0 Å². The van der Waals surface area contributed by atoms with Gasteiger partial charge in [-0.1, -0.05) is 78.1 Å². The summed E-state index contributed by atoms with van der Waals surface area (Å²) in [4.78, 5) is 26.0. The summed E-state index contributed by atoms with van der Waals surface area (Å²) in [6.07, 6.45) is 0. The Balaban J connectivity index is 0.00000150. The fourth-order valence-electron chi connectivity index (χ4n) is 3.15. The van der Waals surface area contributed by atoms with Crippen LogP contribution in [-0.2, 0) is 9.09 Å². The van der Waals surface area contributed by atoms with E-state index in [1.165, 1.54) is 11.8 Å². The predicted octanol–water partition coefficient (Wildman–Crippen LogP) is -1.75. The standard InChI is InChI=1S/C20H17O4PS2.2Na/c21-25(22,23)24-20(26-14-8-2-1-3-9-14)19-15-10-4-6-12-17(15)27-18-13-7-5-11-16(18)19;;/h1-13,19-20H,(H2,21,22,23);;/q;2*+1/p-2. The molecule has 1 aliphatic rings. The fourth-order valence-corrected chi connectivity index (χ4v) is 6.18. The molecule has 3 aromatic rings. The van der Waals surface area contributed by atoms with Crippen LogP contribution in [0.4, 0.5) is 0 Å². The van der Waals surface area contributed by atoms with Crippen molar-refractivity contribution in [2.75, 3.05) is 0 Å². The van der Waals surface area contributed by atoms with Crippen molar-refractivity contribution < 1.29 is 78.0 Å². The molecule has 1 aliphatic heterocycles. The van der Waals surface area contributed by atoms with Crippen molar-refractivity contribution in [1.29, 1.82) is 0 Å². The number of thioether (sulfide) groups is 1. The molecule has 138 valence electrons. The first-order chi connectivity index (χ1) is 13.0. The van der Waals surface area contributed by atoms with E-state index in [2.05, 4.69) is 0 Å². The van der Waals surface area contributed by atoms with Gasteiger partial charge in [0.2, 0.25) is 0 Å². The molecular weight excluding hydrogens is 445 g/mol. The van der Waals surface area contributed by atoms with Crippen LogP contribution in [0.5, 0.6) is 0 Å². The van der Waals surface area contributed by atoms with E-state index >= 15 is 0 Å². The Bertz CT molecular complexity index is 955. The molecule has 0 saturated carbocycles. The Morgan fingerprint density at radius 1 is 0.828 bits per heavy atom. The number of phosphoric ester groups is 1. The maximum atomic E-state index is 11.5. The van der Waals surface area contributed by atoms with Gasteiger partial charge in [0.1, 0.15) is 5.44 Å². The summed E-state index contributed by atoms with van der Waals surface area (Å²) in [6.45, 7) is 0. The predicted molar refractivity (Wildman–Crippen MR) is 104 cm³/mol. The van der Waals surface area contributed by atoms with Crippen LogP contribution in [0.1, 0.15) is 17.0 Å². The van der Waals surface area contributed by atoms with Gasteiger partial charge in [-0.3, -0.25) is 0 Å². The third kappa shape index (κ3) is 6.48. The molecule has 1 unspecified atom stereocenters. The summed E-state index contributed by atoms with van der Waals surface area (Å²) in [6, 6.07) is 25.0. The summed E-state index contributed by atoms with van der Waals surface area (Å²) in [5.41, 5.74) is 1.03. The number of phosphoric acid groups is 1. The van der Waals surface area contributed by atoms with Gasteiger partial charge >= 0.3 is 59.1 Å². The van der Waals surface area contributed by atoms with E-state index in [0.717, 1.165) is 25.8 Å². The molecule has 0 radical (unpaired) electrons. The summed E-state index contributed by atoms with van der Waals surface area (Å²) in [5.74, 6) is -0.375. The fraction of sp³-hybridized carbons (Fsp3) is 0.100. The molecule has 0 spiro atoms. The molecule has 4 rings (SSSR count). The van der Waals surface area contributed by atoms with Gasteiger partial charge in [0, 0.05) is 20.6 Å². The molecule has 0 saturated heterocycles. The van der Waals surface area contributed by atoms with Crippen LogP contribution in [0.3, 0.4) is 0 Å². The summed E-state index contributed by atoms with van der Waals surface area (Å²) < 4.78 is 16.6. The van der Waals surface area contributed by atoms with Crippen LogP contribution in [-0.4, -0.2) is 5.44 Å². The molecule has 0 amide bonds. The minimum atomic E-state index is -5.18. The second-order valence-electron chi connectivity index (χ2n) is 6.01. The molecule has 3 aromatic carbocycles. The van der Waals surface area contributed by atoms with Gasteiger partial charge in [-0.05, 0) is 35.4 Å². The molecule has 1 heterocycles. The zero-order chi connectivity index (χ0) is 18.9. The van der Waals surface area contributed by atoms with Gasteiger partial charge in [-0.25, -0.2) is 0 Å². The molecule has 0 bridgehead atoms. The minimum Gasteiger partial charge on any atom is -0.790 e. The number of hydrogen-bond donors (Lipinski definition) is 0. The number of benzene rings is 3. The van der Waals surface area contributed by atoms with E-state index in [0.29, 0.717) is 0 Å². The Morgan fingerprint density at radius 2 is 1.31 bits per heavy atom. The van der Waals surface area contributed by atoms with E-state index in [1.807, 2.05) is 78.9 Å². The van der Waals surface area contributed by atoms with Crippen molar-refractivity contribution in [2.24, 2.45) is 0 Å². The van der Waals surface area contributed by atoms with Crippen LogP contribution in [0.15, 0.2) is 93.5 Å². The van der Waals surface area contributed by atoms with Crippen molar-refractivity contribution >= 4 is 31.3 Å². The van der Waals surface area contributed by atoms with Crippen molar-refractivity contribution in [3.05, 3.63) is 90.0 Å². The summed E-state index contributed by atoms with van der Waals surface area (Å²) in [5, 5.41) is 0. The van der Waals surface area contributed by atoms with E-state index in [1.54, 1.807) is 11.8 Å². The number of rotatable bonds is 5. The van der Waals surface area contributed by atoms with Crippen LogP contribution >= 0.6 is 31.3 Å². The Labute approximate surface area is 223 Å². The molecule has 0 aromatic heterocycles. The topological polar surface area (TPSA) is 72.4 Å². The Hall–Kier alpha value is 0.470. The zero-order valence-corrected chi connectivity index (χ0v) is 22.6. The molecule has 1 atom stereocenters. The van der Waals surface area contributed by atoms with Crippen molar-refractivity contribution in [3.8, 4) is 0 Å². The van der Waals surface area contributed by atoms with Crippen LogP contribution in [0.25, 0.3) is 0 Å².